The molecular weight excluding hydrogens is 316 g/mol. The molecule has 1 saturated heterocycles. The molecule has 1 aliphatic carbocycles. The van der Waals surface area contributed by atoms with Crippen molar-refractivity contribution in [3.8, 4) is 0 Å². The molecule has 3 rings (SSSR count). The monoisotopic (exact) mass is 344 g/mol. The van der Waals surface area contributed by atoms with Gasteiger partial charge in [0, 0.05) is 6.42 Å². The minimum Gasteiger partial charge on any atom is -0.465 e. The van der Waals surface area contributed by atoms with E-state index in [4.69, 9.17) is 9.47 Å². The Bertz CT molecular complexity index is 577. The van der Waals surface area contributed by atoms with Gasteiger partial charge >= 0.3 is 5.97 Å². The van der Waals surface area contributed by atoms with Crippen molar-refractivity contribution in [1.82, 2.24) is 0 Å². The van der Waals surface area contributed by atoms with Gasteiger partial charge in [0.1, 0.15) is 5.92 Å². The van der Waals surface area contributed by atoms with Crippen LogP contribution >= 0.6 is 0 Å². The van der Waals surface area contributed by atoms with Crippen molar-refractivity contribution < 1.29 is 19.1 Å². The summed E-state index contributed by atoms with van der Waals surface area (Å²) in [6, 6.07) is 9.93. The van der Waals surface area contributed by atoms with Crippen molar-refractivity contribution >= 4 is 11.8 Å². The van der Waals surface area contributed by atoms with Gasteiger partial charge in [-0.2, -0.15) is 0 Å². The third kappa shape index (κ3) is 4.49. The van der Waals surface area contributed by atoms with Crippen LogP contribution in [0.1, 0.15) is 51.0 Å². The molecule has 1 aromatic carbocycles. The fourth-order valence-corrected chi connectivity index (χ4v) is 4.20. The van der Waals surface area contributed by atoms with Gasteiger partial charge in [-0.3, -0.25) is 9.59 Å². The van der Waals surface area contributed by atoms with Crippen LogP contribution in [0.15, 0.2) is 30.3 Å². The standard InChI is InChI=1S/C21H28O4/c1-2-24-21(23)20-17(22)14-18(16-11-7-4-8-12-16)25-19(20)13-15-9-5-3-6-10-15/h3,5-6,9-10,16,18-20H,2,4,7-8,11-14H2,1H3/t18-,19-,20+/m1/s1. The van der Waals surface area contributed by atoms with Crippen LogP contribution in [-0.4, -0.2) is 30.6 Å². The van der Waals surface area contributed by atoms with Crippen molar-refractivity contribution in [2.45, 2.75) is 64.1 Å². The second-order valence-electron chi connectivity index (χ2n) is 7.20. The third-order valence-corrected chi connectivity index (χ3v) is 5.47. The Kier molecular flexibility index (Phi) is 6.24. The summed E-state index contributed by atoms with van der Waals surface area (Å²) in [5.74, 6) is -0.796. The topological polar surface area (TPSA) is 52.6 Å². The Morgan fingerprint density at radius 3 is 2.56 bits per heavy atom. The van der Waals surface area contributed by atoms with Gasteiger partial charge in [0.05, 0.1) is 18.8 Å². The highest BCUT2D eigenvalue weighted by atomic mass is 16.5. The maximum atomic E-state index is 12.8. The fraction of sp³-hybridized carbons (Fsp3) is 0.619. The molecule has 2 aliphatic rings. The summed E-state index contributed by atoms with van der Waals surface area (Å²) in [6.45, 7) is 2.05. The van der Waals surface area contributed by atoms with Gasteiger partial charge in [0.25, 0.3) is 0 Å². The lowest BCUT2D eigenvalue weighted by Gasteiger charge is -2.39. The summed E-state index contributed by atoms with van der Waals surface area (Å²) >= 11 is 0. The zero-order valence-electron chi connectivity index (χ0n) is 15.0. The second-order valence-corrected chi connectivity index (χ2v) is 7.20. The first-order chi connectivity index (χ1) is 12.2. The summed E-state index contributed by atoms with van der Waals surface area (Å²) in [4.78, 5) is 25.2. The minimum atomic E-state index is -0.792. The molecule has 0 bridgehead atoms. The number of carbonyl (C=O) groups excluding carboxylic acids is 2. The lowest BCUT2D eigenvalue weighted by molar-refractivity contribution is -0.172. The molecular formula is C21H28O4. The fourth-order valence-electron chi connectivity index (χ4n) is 4.20. The van der Waals surface area contributed by atoms with Crippen LogP contribution in [0.2, 0.25) is 0 Å². The molecule has 0 amide bonds. The normalized spacial score (nSPS) is 27.9. The van der Waals surface area contributed by atoms with Gasteiger partial charge in [-0.25, -0.2) is 0 Å². The lowest BCUT2D eigenvalue weighted by Crippen LogP contribution is -2.49. The minimum absolute atomic E-state index is 0.0128. The molecule has 4 heteroatoms. The van der Waals surface area contributed by atoms with Crippen molar-refractivity contribution in [3.05, 3.63) is 35.9 Å². The molecule has 136 valence electrons. The first-order valence-corrected chi connectivity index (χ1v) is 9.57. The van der Waals surface area contributed by atoms with Gasteiger partial charge < -0.3 is 9.47 Å². The molecule has 1 aliphatic heterocycles. The van der Waals surface area contributed by atoms with Crippen molar-refractivity contribution in [3.63, 3.8) is 0 Å². The van der Waals surface area contributed by atoms with Crippen LogP contribution in [0.4, 0.5) is 0 Å². The maximum absolute atomic E-state index is 12.8. The number of ether oxygens (including phenoxy) is 2. The molecule has 1 aromatic rings. The van der Waals surface area contributed by atoms with E-state index in [1.54, 1.807) is 6.92 Å². The first kappa shape index (κ1) is 18.1. The summed E-state index contributed by atoms with van der Waals surface area (Å²) in [5.41, 5.74) is 1.08. The van der Waals surface area contributed by atoms with Gasteiger partial charge in [-0.05, 0) is 37.7 Å². The van der Waals surface area contributed by atoms with E-state index in [-0.39, 0.29) is 18.5 Å². The van der Waals surface area contributed by atoms with Crippen LogP contribution in [0.25, 0.3) is 0 Å². The number of carbonyl (C=O) groups is 2. The molecule has 4 nitrogen and oxygen atoms in total. The molecule has 0 N–H and O–H groups in total. The second kappa shape index (κ2) is 8.61. The van der Waals surface area contributed by atoms with E-state index in [2.05, 4.69) is 0 Å². The van der Waals surface area contributed by atoms with Crippen LogP contribution in [0, 0.1) is 11.8 Å². The predicted octanol–water partition coefficient (Wildman–Crippen LogP) is 3.72. The van der Waals surface area contributed by atoms with E-state index in [1.807, 2.05) is 30.3 Å². The third-order valence-electron chi connectivity index (χ3n) is 5.47. The van der Waals surface area contributed by atoms with Gasteiger partial charge in [-0.15, -0.1) is 0 Å². The molecule has 2 fully saturated rings. The Morgan fingerprint density at radius 1 is 1.16 bits per heavy atom. The molecule has 1 heterocycles. The molecule has 0 spiro atoms. The van der Waals surface area contributed by atoms with E-state index in [0.29, 0.717) is 18.8 Å². The van der Waals surface area contributed by atoms with Crippen molar-refractivity contribution in [1.29, 1.82) is 0 Å². The quantitative estimate of drug-likeness (QED) is 0.603. The Morgan fingerprint density at radius 2 is 1.88 bits per heavy atom. The van der Waals surface area contributed by atoms with Crippen LogP contribution in [0.3, 0.4) is 0 Å². The Labute approximate surface area is 149 Å². The van der Waals surface area contributed by atoms with Crippen LogP contribution in [-0.2, 0) is 25.5 Å². The average molecular weight is 344 g/mol. The highest BCUT2D eigenvalue weighted by Gasteiger charge is 2.45. The lowest BCUT2D eigenvalue weighted by atomic mass is 9.79. The first-order valence-electron chi connectivity index (χ1n) is 9.57. The van der Waals surface area contributed by atoms with E-state index >= 15 is 0 Å². The number of Topliss-reactive ketones (excluding diaryl/α,β-unsaturated/α-hetero) is 1. The van der Waals surface area contributed by atoms with Gasteiger partial charge in [0.15, 0.2) is 5.78 Å². The molecule has 25 heavy (non-hydrogen) atoms. The Balaban J connectivity index is 1.77. The molecule has 3 atom stereocenters. The maximum Gasteiger partial charge on any atom is 0.319 e. The highest BCUT2D eigenvalue weighted by Crippen LogP contribution is 2.35. The number of benzene rings is 1. The summed E-state index contributed by atoms with van der Waals surface area (Å²) in [6.07, 6.45) is 6.39. The largest absolute Gasteiger partial charge is 0.465 e. The van der Waals surface area contributed by atoms with Crippen molar-refractivity contribution in [2.24, 2.45) is 11.8 Å². The van der Waals surface area contributed by atoms with Gasteiger partial charge in [-0.1, -0.05) is 49.6 Å². The summed E-state index contributed by atoms with van der Waals surface area (Å²) < 4.78 is 11.5. The SMILES string of the molecule is CCOC(=O)[C@H]1C(=O)C[C@H](C2CCCCC2)O[C@@H]1Cc1ccccc1. The molecule has 0 unspecified atom stereocenters. The number of ketones is 1. The number of rotatable bonds is 5. The smallest absolute Gasteiger partial charge is 0.319 e. The van der Waals surface area contributed by atoms with Gasteiger partial charge in [0.2, 0.25) is 0 Å². The Hall–Kier alpha value is -1.68. The van der Waals surface area contributed by atoms with E-state index < -0.39 is 18.0 Å². The average Bonchev–Trinajstić information content (AvgIpc) is 2.63. The molecule has 0 aromatic heterocycles. The van der Waals surface area contributed by atoms with E-state index in [0.717, 1.165) is 18.4 Å². The van der Waals surface area contributed by atoms with E-state index in [1.165, 1.54) is 19.3 Å². The number of hydrogen-bond donors (Lipinski definition) is 0. The number of hydrogen-bond acceptors (Lipinski definition) is 4. The predicted molar refractivity (Wildman–Crippen MR) is 95.1 cm³/mol. The summed E-state index contributed by atoms with van der Waals surface area (Å²) in [5, 5.41) is 0. The number of esters is 1. The molecule has 1 saturated carbocycles. The summed E-state index contributed by atoms with van der Waals surface area (Å²) in [7, 11) is 0. The zero-order valence-corrected chi connectivity index (χ0v) is 15.0. The van der Waals surface area contributed by atoms with Crippen LogP contribution in [0.5, 0.6) is 0 Å². The highest BCUT2D eigenvalue weighted by molar-refractivity contribution is 6.00. The van der Waals surface area contributed by atoms with Crippen LogP contribution < -0.4 is 0 Å². The van der Waals surface area contributed by atoms with E-state index in [9.17, 15) is 9.59 Å². The zero-order chi connectivity index (χ0) is 17.6. The molecule has 0 radical (unpaired) electrons. The van der Waals surface area contributed by atoms with Crippen molar-refractivity contribution in [2.75, 3.05) is 6.61 Å².